The summed E-state index contributed by atoms with van der Waals surface area (Å²) in [4.78, 5) is 11.9. The first-order valence-corrected chi connectivity index (χ1v) is 4.19. The van der Waals surface area contributed by atoms with Crippen LogP contribution in [0.2, 0.25) is 0 Å². The van der Waals surface area contributed by atoms with E-state index in [0.29, 0.717) is 11.3 Å². The molecule has 15 heavy (non-hydrogen) atoms. The van der Waals surface area contributed by atoms with E-state index in [-0.39, 0.29) is 5.69 Å². The molecule has 0 spiro atoms. The van der Waals surface area contributed by atoms with Crippen molar-refractivity contribution in [1.29, 1.82) is 0 Å². The number of nitrogens with zero attached hydrogens (tertiary/aromatic N) is 3. The van der Waals surface area contributed by atoms with Crippen molar-refractivity contribution in [2.45, 2.75) is 0 Å². The highest BCUT2D eigenvalue weighted by Gasteiger charge is 2.15. The van der Waals surface area contributed by atoms with Crippen molar-refractivity contribution in [2.75, 3.05) is 19.0 Å². The average Bonchev–Trinajstić information content (AvgIpc) is 2.17. The molecule has 6 nitrogen and oxygen atoms in total. The van der Waals surface area contributed by atoms with E-state index in [1.54, 1.807) is 31.1 Å². The Hall–Kier alpha value is -2.11. The number of benzene rings is 1. The molecule has 0 saturated carbocycles. The van der Waals surface area contributed by atoms with Crippen LogP contribution < -0.4 is 4.90 Å². The summed E-state index contributed by atoms with van der Waals surface area (Å²) in [7, 11) is 3.45. The third kappa shape index (κ3) is 2.43. The Kier molecular flexibility index (Phi) is 3.22. The van der Waals surface area contributed by atoms with Crippen LogP contribution in [0, 0.1) is 10.1 Å². The van der Waals surface area contributed by atoms with Gasteiger partial charge in [0.2, 0.25) is 0 Å². The number of rotatable bonds is 3. The maximum absolute atomic E-state index is 10.8. The maximum Gasteiger partial charge on any atom is 0.293 e. The van der Waals surface area contributed by atoms with E-state index in [1.807, 2.05) is 0 Å². The molecule has 80 valence electrons. The standard InChI is InChI=1S/C9H11N3O3/c1-11(2)8-4-3-7(6-10-13)5-9(8)12(14)15/h3-6,13H,1-2H3/b10-6+. The highest BCUT2D eigenvalue weighted by molar-refractivity contribution is 5.82. The molecule has 0 aliphatic carbocycles. The van der Waals surface area contributed by atoms with E-state index >= 15 is 0 Å². The zero-order valence-corrected chi connectivity index (χ0v) is 8.41. The highest BCUT2D eigenvalue weighted by atomic mass is 16.6. The first kappa shape index (κ1) is 11.0. The average molecular weight is 209 g/mol. The first-order valence-electron chi connectivity index (χ1n) is 4.19. The summed E-state index contributed by atoms with van der Waals surface area (Å²) in [6, 6.07) is 4.60. The normalized spacial score (nSPS) is 10.5. The zero-order valence-electron chi connectivity index (χ0n) is 8.41. The predicted molar refractivity (Wildman–Crippen MR) is 56.8 cm³/mol. The zero-order chi connectivity index (χ0) is 11.4. The molecule has 0 amide bonds. The summed E-state index contributed by atoms with van der Waals surface area (Å²) in [6.45, 7) is 0. The lowest BCUT2D eigenvalue weighted by Gasteiger charge is -2.12. The summed E-state index contributed by atoms with van der Waals surface area (Å²) < 4.78 is 0. The highest BCUT2D eigenvalue weighted by Crippen LogP contribution is 2.26. The molecule has 0 aliphatic heterocycles. The van der Waals surface area contributed by atoms with Gasteiger partial charge in [-0.2, -0.15) is 0 Å². The Labute approximate surface area is 86.6 Å². The monoisotopic (exact) mass is 209 g/mol. The van der Waals surface area contributed by atoms with Gasteiger partial charge in [0.05, 0.1) is 11.1 Å². The van der Waals surface area contributed by atoms with E-state index in [0.717, 1.165) is 6.21 Å². The summed E-state index contributed by atoms with van der Waals surface area (Å²) >= 11 is 0. The second-order valence-electron chi connectivity index (χ2n) is 3.14. The molecular weight excluding hydrogens is 198 g/mol. The Morgan fingerprint density at radius 2 is 2.20 bits per heavy atom. The summed E-state index contributed by atoms with van der Waals surface area (Å²) in [5.41, 5.74) is 0.974. The molecule has 0 fully saturated rings. The van der Waals surface area contributed by atoms with Crippen LogP contribution in [0.5, 0.6) is 0 Å². The fourth-order valence-corrected chi connectivity index (χ4v) is 1.21. The Bertz CT molecular complexity index is 402. The first-order chi connectivity index (χ1) is 7.06. The molecule has 0 radical (unpaired) electrons. The number of hydrogen-bond acceptors (Lipinski definition) is 5. The molecule has 0 aromatic heterocycles. The topological polar surface area (TPSA) is 79.0 Å². The van der Waals surface area contributed by atoms with Crippen LogP contribution in [0.25, 0.3) is 0 Å². The van der Waals surface area contributed by atoms with Gasteiger partial charge in [-0.3, -0.25) is 10.1 Å². The third-order valence-electron chi connectivity index (χ3n) is 1.88. The van der Waals surface area contributed by atoms with E-state index in [1.165, 1.54) is 6.07 Å². The van der Waals surface area contributed by atoms with E-state index in [2.05, 4.69) is 5.16 Å². The fourth-order valence-electron chi connectivity index (χ4n) is 1.21. The lowest BCUT2D eigenvalue weighted by molar-refractivity contribution is -0.384. The maximum atomic E-state index is 10.8. The van der Waals surface area contributed by atoms with Gasteiger partial charge in [0.25, 0.3) is 5.69 Å². The third-order valence-corrected chi connectivity index (χ3v) is 1.88. The molecule has 1 aromatic carbocycles. The molecular formula is C9H11N3O3. The minimum Gasteiger partial charge on any atom is -0.411 e. The molecule has 0 heterocycles. The molecule has 1 N–H and O–H groups in total. The fraction of sp³-hybridized carbons (Fsp3) is 0.222. The second-order valence-corrected chi connectivity index (χ2v) is 3.14. The smallest absolute Gasteiger partial charge is 0.293 e. The van der Waals surface area contributed by atoms with Gasteiger partial charge in [0.15, 0.2) is 0 Å². The molecule has 0 bridgehead atoms. The van der Waals surface area contributed by atoms with Crippen LogP contribution in [0.15, 0.2) is 23.4 Å². The van der Waals surface area contributed by atoms with Gasteiger partial charge in [-0.25, -0.2) is 0 Å². The SMILES string of the molecule is CN(C)c1ccc(/C=N/O)cc1[N+](=O)[O-]. The van der Waals surface area contributed by atoms with Crippen molar-refractivity contribution in [2.24, 2.45) is 5.16 Å². The summed E-state index contributed by atoms with van der Waals surface area (Å²) in [5.74, 6) is 0. The molecule has 1 aromatic rings. The Balaban J connectivity index is 3.27. The van der Waals surface area contributed by atoms with Gasteiger partial charge < -0.3 is 10.1 Å². The van der Waals surface area contributed by atoms with E-state index in [9.17, 15) is 10.1 Å². The van der Waals surface area contributed by atoms with Crippen molar-refractivity contribution in [3.8, 4) is 0 Å². The molecule has 0 aliphatic rings. The van der Waals surface area contributed by atoms with Gasteiger partial charge in [-0.1, -0.05) is 11.2 Å². The van der Waals surface area contributed by atoms with E-state index < -0.39 is 4.92 Å². The minimum atomic E-state index is -0.468. The van der Waals surface area contributed by atoms with Gasteiger partial charge in [-0.05, 0) is 6.07 Å². The Morgan fingerprint density at radius 1 is 1.53 bits per heavy atom. The molecule has 0 unspecified atom stereocenters. The summed E-state index contributed by atoms with van der Waals surface area (Å²) in [6.07, 6.45) is 1.15. The van der Waals surface area contributed by atoms with Crippen LogP contribution in [0.1, 0.15) is 5.56 Å². The minimum absolute atomic E-state index is 0.0163. The van der Waals surface area contributed by atoms with Crippen LogP contribution >= 0.6 is 0 Å². The van der Waals surface area contributed by atoms with Gasteiger partial charge in [0, 0.05) is 25.7 Å². The van der Waals surface area contributed by atoms with Crippen molar-refractivity contribution < 1.29 is 10.1 Å². The quantitative estimate of drug-likeness (QED) is 0.354. The van der Waals surface area contributed by atoms with Gasteiger partial charge in [0.1, 0.15) is 5.69 Å². The van der Waals surface area contributed by atoms with Crippen molar-refractivity contribution in [3.05, 3.63) is 33.9 Å². The van der Waals surface area contributed by atoms with Crippen LogP contribution in [0.3, 0.4) is 0 Å². The number of oxime groups is 1. The van der Waals surface area contributed by atoms with Crippen molar-refractivity contribution in [1.82, 2.24) is 0 Å². The number of hydrogen-bond donors (Lipinski definition) is 1. The van der Waals surface area contributed by atoms with Crippen LogP contribution in [0.4, 0.5) is 11.4 Å². The second kappa shape index (κ2) is 4.41. The predicted octanol–water partition coefficient (Wildman–Crippen LogP) is 1.47. The molecule has 0 saturated heterocycles. The summed E-state index contributed by atoms with van der Waals surface area (Å²) in [5, 5.41) is 21.9. The molecule has 1 rings (SSSR count). The molecule has 0 atom stereocenters. The van der Waals surface area contributed by atoms with Gasteiger partial charge >= 0.3 is 0 Å². The van der Waals surface area contributed by atoms with Gasteiger partial charge in [-0.15, -0.1) is 0 Å². The number of nitro benzene ring substituents is 1. The lowest BCUT2D eigenvalue weighted by Crippen LogP contribution is -2.11. The Morgan fingerprint density at radius 3 is 2.67 bits per heavy atom. The number of anilines is 1. The van der Waals surface area contributed by atoms with Crippen molar-refractivity contribution in [3.63, 3.8) is 0 Å². The van der Waals surface area contributed by atoms with E-state index in [4.69, 9.17) is 5.21 Å². The number of nitro groups is 1. The lowest BCUT2D eigenvalue weighted by atomic mass is 10.2. The van der Waals surface area contributed by atoms with Crippen LogP contribution in [-0.4, -0.2) is 30.4 Å². The largest absolute Gasteiger partial charge is 0.411 e. The van der Waals surface area contributed by atoms with Crippen LogP contribution in [-0.2, 0) is 0 Å². The van der Waals surface area contributed by atoms with Crippen molar-refractivity contribution >= 4 is 17.6 Å². The molecule has 6 heteroatoms.